The normalized spacial score (nSPS) is 17.4. The highest BCUT2D eigenvalue weighted by atomic mass is 16.7. The predicted octanol–water partition coefficient (Wildman–Crippen LogP) is 1.74. The van der Waals surface area contributed by atoms with E-state index in [2.05, 4.69) is 4.98 Å². The minimum Gasteiger partial charge on any atom is -0.399 e. The molecule has 5 heteroatoms. The number of pyridine rings is 1. The van der Waals surface area contributed by atoms with Gasteiger partial charge in [0.15, 0.2) is 0 Å². The van der Waals surface area contributed by atoms with Crippen molar-refractivity contribution < 1.29 is 4.84 Å². The van der Waals surface area contributed by atoms with Crippen LogP contribution < -0.4 is 21.4 Å². The number of rotatable bonds is 1. The third kappa shape index (κ3) is 1.65. The number of hydrogen-bond acceptors (Lipinski definition) is 5. The van der Waals surface area contributed by atoms with Crippen LogP contribution in [-0.4, -0.2) is 4.98 Å². The van der Waals surface area contributed by atoms with E-state index in [1.165, 1.54) is 0 Å². The lowest BCUT2D eigenvalue weighted by molar-refractivity contribution is 0.274. The highest BCUT2D eigenvalue weighted by molar-refractivity contribution is 5.55. The molecule has 1 aliphatic heterocycles. The van der Waals surface area contributed by atoms with Gasteiger partial charge in [0.05, 0.1) is 11.3 Å². The minimum absolute atomic E-state index is 0.350. The lowest BCUT2D eigenvalue weighted by Crippen LogP contribution is -2.31. The zero-order valence-electron chi connectivity index (χ0n) is 10.00. The number of anilines is 2. The van der Waals surface area contributed by atoms with Gasteiger partial charge in [-0.2, -0.15) is 5.06 Å². The Morgan fingerprint density at radius 2 is 1.89 bits per heavy atom. The third-order valence-corrected chi connectivity index (χ3v) is 2.93. The number of hydrogen-bond donors (Lipinski definition) is 2. The molecular formula is C13H14N4O. The fourth-order valence-electron chi connectivity index (χ4n) is 1.95. The van der Waals surface area contributed by atoms with Gasteiger partial charge >= 0.3 is 0 Å². The first-order valence-electron chi connectivity index (χ1n) is 5.71. The van der Waals surface area contributed by atoms with Gasteiger partial charge in [0, 0.05) is 11.4 Å². The van der Waals surface area contributed by atoms with Crippen molar-refractivity contribution in [2.24, 2.45) is 5.73 Å². The molecule has 0 saturated heterocycles. The van der Waals surface area contributed by atoms with Crippen molar-refractivity contribution in [2.45, 2.75) is 13.1 Å². The molecule has 1 unspecified atom stereocenters. The maximum absolute atomic E-state index is 6.14. The molecule has 0 fully saturated rings. The van der Waals surface area contributed by atoms with E-state index in [9.17, 15) is 0 Å². The van der Waals surface area contributed by atoms with Crippen LogP contribution in [0.1, 0.15) is 17.4 Å². The van der Waals surface area contributed by atoms with Crippen molar-refractivity contribution in [3.8, 4) is 5.88 Å². The number of nitrogens with two attached hydrogens (primary N) is 2. The van der Waals surface area contributed by atoms with Crippen LogP contribution in [0, 0.1) is 6.92 Å². The van der Waals surface area contributed by atoms with Gasteiger partial charge in [0.25, 0.3) is 5.88 Å². The summed E-state index contributed by atoms with van der Waals surface area (Å²) in [7, 11) is 0. The molecule has 92 valence electrons. The number of hydroxylamine groups is 1. The second-order valence-electron chi connectivity index (χ2n) is 4.30. The molecule has 0 saturated carbocycles. The molecule has 1 aromatic heterocycles. The Morgan fingerprint density at radius 3 is 2.61 bits per heavy atom. The zero-order chi connectivity index (χ0) is 12.7. The second kappa shape index (κ2) is 3.89. The van der Waals surface area contributed by atoms with Crippen molar-refractivity contribution in [3.05, 3.63) is 47.7 Å². The third-order valence-electron chi connectivity index (χ3n) is 2.93. The molecule has 0 radical (unpaired) electrons. The summed E-state index contributed by atoms with van der Waals surface area (Å²) in [4.78, 5) is 10.0. The summed E-state index contributed by atoms with van der Waals surface area (Å²) >= 11 is 0. The van der Waals surface area contributed by atoms with E-state index in [4.69, 9.17) is 16.3 Å². The Kier molecular flexibility index (Phi) is 2.34. The van der Waals surface area contributed by atoms with Crippen LogP contribution in [-0.2, 0) is 0 Å². The first kappa shape index (κ1) is 10.9. The van der Waals surface area contributed by atoms with Gasteiger partial charge in [-0.05, 0) is 43.3 Å². The monoisotopic (exact) mass is 242 g/mol. The molecular weight excluding hydrogens is 228 g/mol. The summed E-state index contributed by atoms with van der Waals surface area (Å²) in [5, 5.41) is 1.64. The molecule has 4 N–H and O–H groups in total. The smallest absolute Gasteiger partial charge is 0.253 e. The maximum atomic E-state index is 6.14. The Bertz CT molecular complexity index is 582. The number of fused-ring (bicyclic) bond motifs is 1. The van der Waals surface area contributed by atoms with Gasteiger partial charge in [-0.15, -0.1) is 0 Å². The number of nitrogen functional groups attached to an aromatic ring is 1. The van der Waals surface area contributed by atoms with E-state index in [0.717, 1.165) is 16.9 Å². The van der Waals surface area contributed by atoms with Gasteiger partial charge in [-0.25, -0.2) is 4.98 Å². The summed E-state index contributed by atoms with van der Waals surface area (Å²) in [5.74, 6) is 0.569. The SMILES string of the molecule is Cc1ccc2c(n1)ON(c1ccc(N)cc1)C2N. The lowest BCUT2D eigenvalue weighted by Gasteiger charge is -2.21. The molecule has 1 aliphatic rings. The van der Waals surface area contributed by atoms with E-state index >= 15 is 0 Å². The van der Waals surface area contributed by atoms with Gasteiger partial charge < -0.3 is 16.3 Å². The molecule has 5 nitrogen and oxygen atoms in total. The van der Waals surface area contributed by atoms with Crippen molar-refractivity contribution in [1.82, 2.24) is 4.98 Å². The van der Waals surface area contributed by atoms with Crippen LogP contribution >= 0.6 is 0 Å². The van der Waals surface area contributed by atoms with Crippen LogP contribution in [0.3, 0.4) is 0 Å². The van der Waals surface area contributed by atoms with E-state index in [-0.39, 0.29) is 6.17 Å². The van der Waals surface area contributed by atoms with Gasteiger partial charge in [0.1, 0.15) is 6.17 Å². The number of nitrogens with zero attached hydrogens (tertiary/aromatic N) is 2. The summed E-state index contributed by atoms with van der Waals surface area (Å²) < 4.78 is 0. The van der Waals surface area contributed by atoms with Crippen molar-refractivity contribution in [1.29, 1.82) is 0 Å². The average molecular weight is 242 g/mol. The maximum Gasteiger partial charge on any atom is 0.253 e. The van der Waals surface area contributed by atoms with Crippen molar-refractivity contribution >= 4 is 11.4 Å². The summed E-state index contributed by atoms with van der Waals surface area (Å²) in [6.07, 6.45) is -0.350. The Hall–Kier alpha value is -2.27. The van der Waals surface area contributed by atoms with Crippen LogP contribution in [0.25, 0.3) is 0 Å². The van der Waals surface area contributed by atoms with Crippen LogP contribution in [0.4, 0.5) is 11.4 Å². The van der Waals surface area contributed by atoms with E-state index in [0.29, 0.717) is 11.6 Å². The summed E-state index contributed by atoms with van der Waals surface area (Å²) in [6, 6.07) is 11.2. The minimum atomic E-state index is -0.350. The highest BCUT2D eigenvalue weighted by Crippen LogP contribution is 2.36. The molecule has 2 aromatic rings. The van der Waals surface area contributed by atoms with E-state index in [1.54, 1.807) is 5.06 Å². The second-order valence-corrected chi connectivity index (χ2v) is 4.30. The molecule has 1 atom stereocenters. The number of benzene rings is 1. The van der Waals surface area contributed by atoms with E-state index < -0.39 is 0 Å². The quantitative estimate of drug-likeness (QED) is 0.745. The Morgan fingerprint density at radius 1 is 1.17 bits per heavy atom. The van der Waals surface area contributed by atoms with Crippen molar-refractivity contribution in [2.75, 3.05) is 10.8 Å². The zero-order valence-corrected chi connectivity index (χ0v) is 10.00. The summed E-state index contributed by atoms with van der Waals surface area (Å²) in [6.45, 7) is 1.92. The molecule has 0 amide bonds. The van der Waals surface area contributed by atoms with Gasteiger partial charge in [-0.3, -0.25) is 0 Å². The molecule has 18 heavy (non-hydrogen) atoms. The van der Waals surface area contributed by atoms with E-state index in [1.807, 2.05) is 43.3 Å². The average Bonchev–Trinajstić information content (AvgIpc) is 2.67. The van der Waals surface area contributed by atoms with Crippen molar-refractivity contribution in [3.63, 3.8) is 0 Å². The van der Waals surface area contributed by atoms with Gasteiger partial charge in [0.2, 0.25) is 0 Å². The molecule has 0 aliphatic carbocycles. The standard InChI is InChI=1S/C13H14N4O/c1-8-2-7-11-12(15)17(18-13(11)16-8)10-5-3-9(14)4-6-10/h2-7,12H,14-15H2,1H3. The fraction of sp³-hybridized carbons (Fsp3) is 0.154. The Labute approximate surface area is 105 Å². The molecule has 3 rings (SSSR count). The Balaban J connectivity index is 1.96. The van der Waals surface area contributed by atoms with Crippen LogP contribution in [0.15, 0.2) is 36.4 Å². The lowest BCUT2D eigenvalue weighted by atomic mass is 10.2. The molecule has 1 aromatic carbocycles. The fourth-order valence-corrected chi connectivity index (χ4v) is 1.95. The highest BCUT2D eigenvalue weighted by Gasteiger charge is 2.31. The molecule has 0 spiro atoms. The predicted molar refractivity (Wildman–Crippen MR) is 69.9 cm³/mol. The summed E-state index contributed by atoms with van der Waals surface area (Å²) in [5.41, 5.74) is 15.2. The first-order valence-corrected chi connectivity index (χ1v) is 5.71. The first-order chi connectivity index (χ1) is 8.65. The van der Waals surface area contributed by atoms with Gasteiger partial charge in [-0.1, -0.05) is 0 Å². The topological polar surface area (TPSA) is 77.4 Å². The molecule has 0 bridgehead atoms. The van der Waals surface area contributed by atoms with Crippen LogP contribution in [0.5, 0.6) is 5.88 Å². The number of aromatic nitrogens is 1. The largest absolute Gasteiger partial charge is 0.399 e. The molecule has 2 heterocycles. The van der Waals surface area contributed by atoms with Crippen LogP contribution in [0.2, 0.25) is 0 Å². The number of aryl methyl sites for hydroxylation is 1.